The maximum absolute atomic E-state index is 2.43. The Morgan fingerprint density at radius 2 is 0.727 bits per heavy atom. The van der Waals surface area contributed by atoms with Crippen molar-refractivity contribution in [3.8, 4) is 0 Å². The number of hydrogen-bond donors (Lipinski definition) is 0. The van der Waals surface area contributed by atoms with Crippen LogP contribution in [0.2, 0.25) is 0 Å². The van der Waals surface area contributed by atoms with Crippen molar-refractivity contribution in [2.24, 2.45) is 40.9 Å². The fourth-order valence-electron chi connectivity index (χ4n) is 4.92. The molecule has 0 aliphatic carbocycles. The second-order valence-corrected chi connectivity index (χ2v) is 10.1. The predicted octanol–water partition coefficient (Wildman–Crippen LogP) is 7.82. The molecule has 0 spiro atoms. The Hall–Kier alpha value is 0. The lowest BCUT2D eigenvalue weighted by Gasteiger charge is -2.46. The maximum Gasteiger partial charge on any atom is -0.0262 e. The highest BCUT2D eigenvalue weighted by Gasteiger charge is 2.40. The Morgan fingerprint density at radius 1 is 0.455 bits per heavy atom. The molecule has 22 heavy (non-hydrogen) atoms. The highest BCUT2D eigenvalue weighted by atomic mass is 14.4. The van der Waals surface area contributed by atoms with E-state index in [-0.39, 0.29) is 0 Å². The Balaban J connectivity index is 5.64. The van der Waals surface area contributed by atoms with Crippen molar-refractivity contribution < 1.29 is 0 Å². The molecule has 0 aliphatic heterocycles. The third-order valence-corrected chi connectivity index (χ3v) is 4.82. The molecule has 0 saturated heterocycles. The van der Waals surface area contributed by atoms with E-state index in [1.807, 2.05) is 0 Å². The van der Waals surface area contributed by atoms with Gasteiger partial charge in [0.05, 0.1) is 0 Å². The summed E-state index contributed by atoms with van der Waals surface area (Å²) < 4.78 is 0. The van der Waals surface area contributed by atoms with Crippen LogP contribution in [-0.2, 0) is 0 Å². The zero-order chi connectivity index (χ0) is 17.5. The van der Waals surface area contributed by atoms with E-state index in [1.54, 1.807) is 0 Å². The average molecular weight is 311 g/mol. The van der Waals surface area contributed by atoms with Crippen molar-refractivity contribution in [2.45, 2.75) is 101 Å². The van der Waals surface area contributed by atoms with E-state index in [0.29, 0.717) is 5.41 Å². The first-order chi connectivity index (χ1) is 9.98. The lowest BCUT2D eigenvalue weighted by atomic mass is 9.59. The van der Waals surface area contributed by atoms with Gasteiger partial charge in [0, 0.05) is 0 Å². The van der Waals surface area contributed by atoms with E-state index in [9.17, 15) is 0 Å². The van der Waals surface area contributed by atoms with Crippen molar-refractivity contribution in [1.29, 1.82) is 0 Å². The lowest BCUT2D eigenvalue weighted by Crippen LogP contribution is -2.37. The van der Waals surface area contributed by atoms with Gasteiger partial charge in [-0.3, -0.25) is 0 Å². The first-order valence-corrected chi connectivity index (χ1v) is 9.98. The minimum absolute atomic E-state index is 0.547. The average Bonchev–Trinajstić information content (AvgIpc) is 2.23. The van der Waals surface area contributed by atoms with E-state index in [2.05, 4.69) is 69.2 Å². The van der Waals surface area contributed by atoms with Crippen molar-refractivity contribution in [2.75, 3.05) is 0 Å². The van der Waals surface area contributed by atoms with Crippen LogP contribution >= 0.6 is 0 Å². The fourth-order valence-corrected chi connectivity index (χ4v) is 4.92. The van der Waals surface area contributed by atoms with Crippen molar-refractivity contribution >= 4 is 0 Å². The second kappa shape index (κ2) is 9.99. The quantitative estimate of drug-likeness (QED) is 0.365. The molecule has 0 amide bonds. The summed E-state index contributed by atoms with van der Waals surface area (Å²) in [6, 6.07) is 0. The molecule has 134 valence electrons. The van der Waals surface area contributed by atoms with Crippen LogP contribution in [0.5, 0.6) is 0 Å². The van der Waals surface area contributed by atoms with Crippen LogP contribution in [0.25, 0.3) is 0 Å². The van der Waals surface area contributed by atoms with Crippen LogP contribution in [0.3, 0.4) is 0 Å². The summed E-state index contributed by atoms with van der Waals surface area (Å²) in [4.78, 5) is 0. The molecule has 0 heteroatoms. The van der Waals surface area contributed by atoms with Crippen molar-refractivity contribution in [3.63, 3.8) is 0 Å². The van der Waals surface area contributed by atoms with Gasteiger partial charge < -0.3 is 0 Å². The molecule has 0 rings (SSSR count). The van der Waals surface area contributed by atoms with E-state index >= 15 is 0 Å². The Labute approximate surface area is 142 Å². The molecular formula is C22H46. The zero-order valence-electron chi connectivity index (χ0n) is 17.5. The van der Waals surface area contributed by atoms with Crippen LogP contribution in [0, 0.1) is 40.9 Å². The summed E-state index contributed by atoms with van der Waals surface area (Å²) in [7, 11) is 0. The van der Waals surface area contributed by atoms with Gasteiger partial charge in [-0.1, -0.05) is 69.2 Å². The summed E-state index contributed by atoms with van der Waals surface area (Å²) in [5.74, 6) is 4.93. The van der Waals surface area contributed by atoms with Crippen LogP contribution in [0.1, 0.15) is 101 Å². The minimum Gasteiger partial charge on any atom is -0.0628 e. The predicted molar refractivity (Wildman–Crippen MR) is 103 cm³/mol. The lowest BCUT2D eigenvalue weighted by molar-refractivity contribution is 0.0372. The summed E-state index contributed by atoms with van der Waals surface area (Å²) >= 11 is 0. The molecule has 0 fully saturated rings. The van der Waals surface area contributed by atoms with E-state index in [4.69, 9.17) is 0 Å². The van der Waals surface area contributed by atoms with E-state index < -0.39 is 0 Å². The largest absolute Gasteiger partial charge is 0.0628 e. The van der Waals surface area contributed by atoms with Crippen molar-refractivity contribution in [3.05, 3.63) is 0 Å². The zero-order valence-corrected chi connectivity index (χ0v) is 17.5. The van der Waals surface area contributed by atoms with E-state index in [0.717, 1.165) is 35.5 Å². The van der Waals surface area contributed by atoms with Crippen LogP contribution in [0.15, 0.2) is 0 Å². The molecule has 0 unspecified atom stereocenters. The highest BCUT2D eigenvalue weighted by molar-refractivity contribution is 4.90. The van der Waals surface area contributed by atoms with Gasteiger partial charge in [0.15, 0.2) is 0 Å². The van der Waals surface area contributed by atoms with Gasteiger partial charge in [0.1, 0.15) is 0 Å². The molecule has 0 nitrogen and oxygen atoms in total. The van der Waals surface area contributed by atoms with Gasteiger partial charge in [-0.2, -0.15) is 0 Å². The van der Waals surface area contributed by atoms with Gasteiger partial charge in [-0.15, -0.1) is 0 Å². The first kappa shape index (κ1) is 22.0. The topological polar surface area (TPSA) is 0 Å². The maximum atomic E-state index is 2.43. The molecule has 0 bridgehead atoms. The third kappa shape index (κ3) is 8.59. The monoisotopic (exact) mass is 310 g/mol. The molecule has 0 aromatic carbocycles. The summed E-state index contributed by atoms with van der Waals surface area (Å²) in [6.45, 7) is 24.2. The SMILES string of the molecule is CC(C)CC(CC(C)C)C(CC(C)C)(CC(C)C)CC(C)C. The normalized spacial score (nSPS) is 13.6. The van der Waals surface area contributed by atoms with Gasteiger partial charge in [-0.05, 0) is 73.0 Å². The van der Waals surface area contributed by atoms with Crippen LogP contribution in [-0.4, -0.2) is 0 Å². The van der Waals surface area contributed by atoms with Crippen molar-refractivity contribution in [1.82, 2.24) is 0 Å². The highest BCUT2D eigenvalue weighted by Crippen LogP contribution is 2.50. The number of rotatable bonds is 11. The molecule has 0 aromatic heterocycles. The molecule has 0 heterocycles. The summed E-state index contributed by atoms with van der Waals surface area (Å²) in [6.07, 6.45) is 7.04. The van der Waals surface area contributed by atoms with Gasteiger partial charge in [-0.25, -0.2) is 0 Å². The van der Waals surface area contributed by atoms with Gasteiger partial charge in [0.2, 0.25) is 0 Å². The van der Waals surface area contributed by atoms with Gasteiger partial charge >= 0.3 is 0 Å². The Bertz CT molecular complexity index is 233. The smallest absolute Gasteiger partial charge is 0.0262 e. The van der Waals surface area contributed by atoms with Gasteiger partial charge in [0.25, 0.3) is 0 Å². The van der Waals surface area contributed by atoms with E-state index in [1.165, 1.54) is 32.1 Å². The summed E-state index contributed by atoms with van der Waals surface area (Å²) in [5.41, 5.74) is 0.547. The first-order valence-electron chi connectivity index (χ1n) is 9.98. The minimum atomic E-state index is 0.547. The number of hydrogen-bond acceptors (Lipinski definition) is 0. The molecule has 0 radical (unpaired) electrons. The fraction of sp³-hybridized carbons (Fsp3) is 1.00. The standard InChI is InChI=1S/C22H46/c1-16(2)11-21(12-17(3)4)22(13-18(5)6,14-19(7)8)15-20(9)10/h16-21H,11-15H2,1-10H3. The third-order valence-electron chi connectivity index (χ3n) is 4.82. The molecule has 0 N–H and O–H groups in total. The summed E-state index contributed by atoms with van der Waals surface area (Å²) in [5, 5.41) is 0. The molecule has 0 saturated carbocycles. The van der Waals surface area contributed by atoms with Crippen LogP contribution < -0.4 is 0 Å². The molecule has 0 aromatic rings. The molecule has 0 aliphatic rings. The van der Waals surface area contributed by atoms with Crippen LogP contribution in [0.4, 0.5) is 0 Å². The Kier molecular flexibility index (Phi) is 9.99. The molecule has 0 atom stereocenters. The molecular weight excluding hydrogens is 264 g/mol. The Morgan fingerprint density at radius 3 is 0.909 bits per heavy atom. The second-order valence-electron chi connectivity index (χ2n) is 10.1.